The minimum atomic E-state index is -4.27. The van der Waals surface area contributed by atoms with E-state index in [0.717, 1.165) is 10.9 Å². The average molecular weight is 465 g/mol. The Bertz CT molecular complexity index is 586. The Balaban J connectivity index is 0.000000533. The molecule has 0 aromatic heterocycles. The minimum absolute atomic E-state index is 0.178. The number of alkyl halides is 1. The van der Waals surface area contributed by atoms with Crippen LogP contribution in [0.15, 0.2) is 29.2 Å². The Morgan fingerprint density at radius 1 is 0.889 bits per heavy atom. The molecule has 0 atom stereocenters. The molecule has 0 bridgehead atoms. The van der Waals surface area contributed by atoms with Crippen molar-refractivity contribution < 1.29 is 17.5 Å². The van der Waals surface area contributed by atoms with E-state index in [4.69, 9.17) is 0 Å². The summed E-state index contributed by atoms with van der Waals surface area (Å²) < 4.78 is 32.4. The van der Waals surface area contributed by atoms with Crippen molar-refractivity contribution in [3.8, 4) is 0 Å². The highest BCUT2D eigenvalue weighted by atomic mass is 79.9. The van der Waals surface area contributed by atoms with E-state index in [-0.39, 0.29) is 4.90 Å². The van der Waals surface area contributed by atoms with Gasteiger partial charge in [0.25, 0.3) is 0 Å². The molecule has 0 radical (unpaired) electrons. The summed E-state index contributed by atoms with van der Waals surface area (Å²) in [7, 11) is 0.452. The smallest absolute Gasteiger partial charge is 0.124 e. The van der Waals surface area contributed by atoms with Gasteiger partial charge in [-0.15, -0.1) is 0 Å². The maximum atomic E-state index is 10.4. The number of hydrogen-bond acceptors (Lipinski definition) is 3. The van der Waals surface area contributed by atoms with Crippen LogP contribution in [0.5, 0.6) is 0 Å². The van der Waals surface area contributed by atoms with Gasteiger partial charge in [0.15, 0.2) is 0 Å². The summed E-state index contributed by atoms with van der Waals surface area (Å²) >= 11 is 3.51. The normalized spacial score (nSPS) is 11.8. The summed E-state index contributed by atoms with van der Waals surface area (Å²) in [5.74, 6) is 0. The van der Waals surface area contributed by atoms with Gasteiger partial charge in [-0.3, -0.25) is 0 Å². The molecule has 1 aromatic rings. The molecule has 0 amide bonds. The molecule has 6 heteroatoms. The van der Waals surface area contributed by atoms with Gasteiger partial charge in [-0.2, -0.15) is 0 Å². The van der Waals surface area contributed by atoms with Gasteiger partial charge < -0.3 is 9.04 Å². The van der Waals surface area contributed by atoms with Gasteiger partial charge in [0, 0.05) is 11.8 Å². The first-order valence-corrected chi connectivity index (χ1v) is 12.6. The van der Waals surface area contributed by atoms with Crippen molar-refractivity contribution in [1.82, 2.24) is 0 Å². The Labute approximate surface area is 175 Å². The first-order valence-electron chi connectivity index (χ1n) is 10.0. The summed E-state index contributed by atoms with van der Waals surface area (Å²) in [6.45, 7) is 6.76. The molecule has 0 aliphatic heterocycles. The SMILES string of the molecule is CCCCCCCCC[N+](C)(C)CCCBr.Cc1ccc(S(=O)(=O)[O-])cc1. The van der Waals surface area contributed by atoms with Crippen molar-refractivity contribution in [2.75, 3.05) is 32.5 Å². The standard InChI is InChI=1S/C14H31BrN.C7H8O3S/c1-4-5-6-7-8-9-10-13-16(2,3)14-11-12-15;1-6-2-4-7(5-3-6)11(8,9)10/h4-14H2,1-3H3;2-5H,1H3,(H,8,9,10)/q+1;/p-1. The van der Waals surface area contributed by atoms with Gasteiger partial charge in [-0.25, -0.2) is 8.42 Å². The number of aryl methyl sites for hydroxylation is 1. The van der Waals surface area contributed by atoms with Crippen LogP contribution in [0.3, 0.4) is 0 Å². The molecule has 0 aliphatic rings. The van der Waals surface area contributed by atoms with Gasteiger partial charge in [0.05, 0.1) is 32.1 Å². The van der Waals surface area contributed by atoms with E-state index < -0.39 is 10.1 Å². The number of benzene rings is 1. The maximum absolute atomic E-state index is 10.4. The molecule has 1 rings (SSSR count). The van der Waals surface area contributed by atoms with Crippen LogP contribution in [0.1, 0.15) is 63.9 Å². The van der Waals surface area contributed by atoms with Crippen LogP contribution < -0.4 is 0 Å². The zero-order valence-corrected chi connectivity index (χ0v) is 19.9. The second-order valence-corrected chi connectivity index (χ2v) is 9.99. The highest BCUT2D eigenvalue weighted by Crippen LogP contribution is 2.10. The van der Waals surface area contributed by atoms with Crippen molar-refractivity contribution in [2.45, 2.75) is 70.1 Å². The van der Waals surface area contributed by atoms with Crippen LogP contribution in [-0.2, 0) is 10.1 Å². The van der Waals surface area contributed by atoms with Gasteiger partial charge >= 0.3 is 0 Å². The van der Waals surface area contributed by atoms with Crippen LogP contribution >= 0.6 is 15.9 Å². The third-order valence-electron chi connectivity index (χ3n) is 4.57. The van der Waals surface area contributed by atoms with E-state index in [2.05, 4.69) is 36.9 Å². The van der Waals surface area contributed by atoms with E-state index >= 15 is 0 Å². The summed E-state index contributed by atoms with van der Waals surface area (Å²) in [6, 6.07) is 5.78. The average Bonchev–Trinajstić information content (AvgIpc) is 2.59. The van der Waals surface area contributed by atoms with E-state index in [9.17, 15) is 13.0 Å². The third-order valence-corrected chi connectivity index (χ3v) is 5.98. The second kappa shape index (κ2) is 14.6. The van der Waals surface area contributed by atoms with E-state index in [0.29, 0.717) is 0 Å². The predicted molar refractivity (Wildman–Crippen MR) is 117 cm³/mol. The van der Waals surface area contributed by atoms with E-state index in [1.807, 2.05) is 6.92 Å². The molecule has 0 N–H and O–H groups in total. The van der Waals surface area contributed by atoms with Crippen molar-refractivity contribution in [3.63, 3.8) is 0 Å². The lowest BCUT2D eigenvalue weighted by Gasteiger charge is -2.29. The van der Waals surface area contributed by atoms with Gasteiger partial charge in [-0.05, 0) is 31.9 Å². The van der Waals surface area contributed by atoms with Gasteiger partial charge in [0.2, 0.25) is 0 Å². The summed E-state index contributed by atoms with van der Waals surface area (Å²) in [6.07, 6.45) is 11.2. The maximum Gasteiger partial charge on any atom is 0.124 e. The van der Waals surface area contributed by atoms with Crippen molar-refractivity contribution in [2.24, 2.45) is 0 Å². The summed E-state index contributed by atoms with van der Waals surface area (Å²) in [4.78, 5) is -0.178. The van der Waals surface area contributed by atoms with Crippen LogP contribution in [-0.4, -0.2) is 50.0 Å². The van der Waals surface area contributed by atoms with Crippen molar-refractivity contribution in [3.05, 3.63) is 29.8 Å². The van der Waals surface area contributed by atoms with Crippen LogP contribution in [0, 0.1) is 6.92 Å². The van der Waals surface area contributed by atoms with Gasteiger partial charge in [0.1, 0.15) is 10.1 Å². The Kier molecular flexibility index (Phi) is 14.3. The lowest BCUT2D eigenvalue weighted by atomic mass is 10.1. The number of unbranched alkanes of at least 4 members (excludes halogenated alkanes) is 6. The van der Waals surface area contributed by atoms with E-state index in [1.54, 1.807) is 12.1 Å². The molecule has 158 valence electrons. The summed E-state index contributed by atoms with van der Waals surface area (Å²) in [5, 5.41) is 1.14. The fourth-order valence-electron chi connectivity index (χ4n) is 2.80. The Hall–Kier alpha value is -0.430. The summed E-state index contributed by atoms with van der Waals surface area (Å²) in [5.41, 5.74) is 0.928. The molecular weight excluding hydrogens is 426 g/mol. The number of halogens is 1. The molecule has 0 fully saturated rings. The van der Waals surface area contributed by atoms with Crippen molar-refractivity contribution in [1.29, 1.82) is 0 Å². The zero-order chi connectivity index (χ0) is 20.8. The van der Waals surface area contributed by atoms with Crippen LogP contribution in [0.25, 0.3) is 0 Å². The molecule has 0 heterocycles. The zero-order valence-electron chi connectivity index (χ0n) is 17.5. The molecule has 0 unspecified atom stereocenters. The van der Waals surface area contributed by atoms with E-state index in [1.165, 1.54) is 81.1 Å². The molecule has 0 spiro atoms. The molecule has 4 nitrogen and oxygen atoms in total. The predicted octanol–water partition coefficient (Wildman–Crippen LogP) is 5.50. The Morgan fingerprint density at radius 2 is 1.37 bits per heavy atom. The number of quaternary nitrogens is 1. The number of hydrogen-bond donors (Lipinski definition) is 0. The second-order valence-electron chi connectivity index (χ2n) is 7.81. The van der Waals surface area contributed by atoms with Crippen molar-refractivity contribution >= 4 is 26.0 Å². The molecular formula is C21H38BrNO3S. The Morgan fingerprint density at radius 3 is 1.85 bits per heavy atom. The number of rotatable bonds is 12. The first-order chi connectivity index (χ1) is 12.6. The van der Waals surface area contributed by atoms with Crippen LogP contribution in [0.4, 0.5) is 0 Å². The largest absolute Gasteiger partial charge is 0.744 e. The first kappa shape index (κ1) is 26.6. The molecule has 0 saturated carbocycles. The topological polar surface area (TPSA) is 57.2 Å². The minimum Gasteiger partial charge on any atom is -0.744 e. The fraction of sp³-hybridized carbons (Fsp3) is 0.714. The highest BCUT2D eigenvalue weighted by Gasteiger charge is 2.12. The molecule has 1 aromatic carbocycles. The number of nitrogens with zero attached hydrogens (tertiary/aromatic N) is 1. The third kappa shape index (κ3) is 15.2. The van der Waals surface area contributed by atoms with Crippen LogP contribution in [0.2, 0.25) is 0 Å². The monoisotopic (exact) mass is 463 g/mol. The molecule has 27 heavy (non-hydrogen) atoms. The highest BCUT2D eigenvalue weighted by molar-refractivity contribution is 9.09. The molecule has 0 aliphatic carbocycles. The molecule has 0 saturated heterocycles. The lowest BCUT2D eigenvalue weighted by Crippen LogP contribution is -2.41. The quantitative estimate of drug-likeness (QED) is 0.178. The lowest BCUT2D eigenvalue weighted by molar-refractivity contribution is -0.890. The fourth-order valence-corrected chi connectivity index (χ4v) is 3.52. The van der Waals surface area contributed by atoms with Gasteiger partial charge in [-0.1, -0.05) is 72.7 Å².